The number of aryl methyl sites for hydroxylation is 1. The van der Waals surface area contributed by atoms with Gasteiger partial charge in [0.25, 0.3) is 5.91 Å². The Bertz CT molecular complexity index is 812. The second-order valence-corrected chi connectivity index (χ2v) is 7.62. The molecule has 1 aromatic heterocycles. The highest BCUT2D eigenvalue weighted by Gasteiger charge is 2.23. The van der Waals surface area contributed by atoms with Gasteiger partial charge in [-0.1, -0.05) is 6.42 Å². The average Bonchev–Trinajstić information content (AvgIpc) is 2.98. The molecule has 2 aromatic rings. The maximum Gasteiger partial charge on any atom is 0.260 e. The highest BCUT2D eigenvalue weighted by Crippen LogP contribution is 2.18. The first kappa shape index (κ1) is 19.7. The minimum Gasteiger partial charge on any atom is -0.497 e. The molecule has 0 radical (unpaired) electrons. The van der Waals surface area contributed by atoms with Gasteiger partial charge in [-0.25, -0.2) is 0 Å². The van der Waals surface area contributed by atoms with Crippen LogP contribution in [-0.4, -0.2) is 70.4 Å². The van der Waals surface area contributed by atoms with E-state index >= 15 is 0 Å². The molecular weight excluding hydrogens is 370 g/mol. The van der Waals surface area contributed by atoms with Crippen LogP contribution in [0.4, 0.5) is 0 Å². The van der Waals surface area contributed by atoms with Crippen molar-refractivity contribution in [2.24, 2.45) is 0 Å². The van der Waals surface area contributed by atoms with Gasteiger partial charge in [-0.3, -0.25) is 9.69 Å². The molecule has 0 bridgehead atoms. The fourth-order valence-electron chi connectivity index (χ4n) is 3.93. The Morgan fingerprint density at radius 3 is 2.48 bits per heavy atom. The molecule has 4 rings (SSSR count). The van der Waals surface area contributed by atoms with Gasteiger partial charge in [0.15, 0.2) is 6.61 Å². The standard InChI is InChI=1S/C21H29N5O3/c1-28-17-6-8-18(9-7-17)29-16-21(27)25-13-11-24(12-14-25)15-20-23-22-19-5-3-2-4-10-26(19)20/h6-9H,2-5,10-16H2,1H3. The number of methoxy groups -OCH3 is 1. The summed E-state index contributed by atoms with van der Waals surface area (Å²) in [4.78, 5) is 16.7. The van der Waals surface area contributed by atoms with Gasteiger partial charge < -0.3 is 18.9 Å². The fourth-order valence-corrected chi connectivity index (χ4v) is 3.93. The monoisotopic (exact) mass is 399 g/mol. The lowest BCUT2D eigenvalue weighted by Crippen LogP contribution is -2.49. The second kappa shape index (κ2) is 9.26. The molecule has 0 unspecified atom stereocenters. The van der Waals surface area contributed by atoms with Gasteiger partial charge in [-0.05, 0) is 37.1 Å². The second-order valence-electron chi connectivity index (χ2n) is 7.62. The number of carbonyl (C=O) groups is 1. The van der Waals surface area contributed by atoms with Crippen LogP contribution in [-0.2, 0) is 24.3 Å². The topological polar surface area (TPSA) is 72.7 Å². The summed E-state index contributed by atoms with van der Waals surface area (Å²) in [6.07, 6.45) is 4.71. The summed E-state index contributed by atoms with van der Waals surface area (Å²) in [6, 6.07) is 7.27. The fraction of sp³-hybridized carbons (Fsp3) is 0.571. The third-order valence-electron chi connectivity index (χ3n) is 5.70. The van der Waals surface area contributed by atoms with Gasteiger partial charge in [0.05, 0.1) is 13.7 Å². The van der Waals surface area contributed by atoms with Crippen LogP contribution < -0.4 is 9.47 Å². The van der Waals surface area contributed by atoms with Crippen molar-refractivity contribution in [3.05, 3.63) is 35.9 Å². The molecule has 156 valence electrons. The number of amides is 1. The molecular formula is C21H29N5O3. The van der Waals surface area contributed by atoms with Gasteiger partial charge in [0.2, 0.25) is 0 Å². The molecule has 8 nitrogen and oxygen atoms in total. The Balaban J connectivity index is 1.24. The molecule has 8 heteroatoms. The molecule has 1 amide bonds. The van der Waals surface area contributed by atoms with E-state index in [1.165, 1.54) is 19.3 Å². The zero-order chi connectivity index (χ0) is 20.1. The number of hydrogen-bond donors (Lipinski definition) is 0. The molecule has 0 aliphatic carbocycles. The number of aromatic nitrogens is 3. The molecule has 0 spiro atoms. The van der Waals surface area contributed by atoms with Gasteiger partial charge in [-0.2, -0.15) is 0 Å². The van der Waals surface area contributed by atoms with Gasteiger partial charge in [0.1, 0.15) is 23.1 Å². The molecule has 0 N–H and O–H groups in total. The molecule has 1 saturated heterocycles. The molecule has 0 atom stereocenters. The molecule has 1 fully saturated rings. The third-order valence-corrected chi connectivity index (χ3v) is 5.70. The summed E-state index contributed by atoms with van der Waals surface area (Å²) in [5, 5.41) is 8.81. The summed E-state index contributed by atoms with van der Waals surface area (Å²) in [5.74, 6) is 3.65. The van der Waals surface area contributed by atoms with E-state index in [4.69, 9.17) is 9.47 Å². The lowest BCUT2D eigenvalue weighted by Gasteiger charge is -2.34. The van der Waals surface area contributed by atoms with Gasteiger partial charge in [0, 0.05) is 39.1 Å². The van der Waals surface area contributed by atoms with Crippen LogP contribution in [0.5, 0.6) is 11.5 Å². The van der Waals surface area contributed by atoms with Crippen molar-refractivity contribution >= 4 is 5.91 Å². The van der Waals surface area contributed by atoms with E-state index in [2.05, 4.69) is 19.7 Å². The number of fused-ring (bicyclic) bond motifs is 1. The van der Waals surface area contributed by atoms with Crippen molar-refractivity contribution in [1.29, 1.82) is 0 Å². The van der Waals surface area contributed by atoms with Crippen LogP contribution in [0.3, 0.4) is 0 Å². The van der Waals surface area contributed by atoms with E-state index in [1.54, 1.807) is 7.11 Å². The summed E-state index contributed by atoms with van der Waals surface area (Å²) in [5.41, 5.74) is 0. The zero-order valence-corrected chi connectivity index (χ0v) is 17.0. The molecule has 1 aromatic carbocycles. The van der Waals surface area contributed by atoms with Gasteiger partial charge >= 0.3 is 0 Å². The van der Waals surface area contributed by atoms with Crippen molar-refractivity contribution in [2.45, 2.75) is 38.8 Å². The SMILES string of the molecule is COc1ccc(OCC(=O)N2CCN(Cc3nnc4n3CCCCC4)CC2)cc1. The molecule has 2 aliphatic heterocycles. The Morgan fingerprint density at radius 1 is 0.966 bits per heavy atom. The number of ether oxygens (including phenoxy) is 2. The lowest BCUT2D eigenvalue weighted by molar-refractivity contribution is -0.135. The van der Waals surface area contributed by atoms with Crippen LogP contribution in [0.25, 0.3) is 0 Å². The van der Waals surface area contributed by atoms with E-state index in [0.29, 0.717) is 18.8 Å². The minimum absolute atomic E-state index is 0.0248. The summed E-state index contributed by atoms with van der Waals surface area (Å²) < 4.78 is 13.1. The van der Waals surface area contributed by atoms with Crippen molar-refractivity contribution in [3.63, 3.8) is 0 Å². The van der Waals surface area contributed by atoms with E-state index in [0.717, 1.165) is 50.0 Å². The number of piperazine rings is 1. The average molecular weight is 399 g/mol. The van der Waals surface area contributed by atoms with E-state index in [1.807, 2.05) is 29.2 Å². The van der Waals surface area contributed by atoms with E-state index in [9.17, 15) is 4.79 Å². The number of rotatable bonds is 6. The Hall–Kier alpha value is -2.61. The molecule has 3 heterocycles. The first-order chi connectivity index (χ1) is 14.2. The molecule has 0 saturated carbocycles. The number of nitrogens with zero attached hydrogens (tertiary/aromatic N) is 5. The van der Waals surface area contributed by atoms with Crippen molar-refractivity contribution in [1.82, 2.24) is 24.6 Å². The lowest BCUT2D eigenvalue weighted by atomic mass is 10.2. The zero-order valence-electron chi connectivity index (χ0n) is 17.0. The Morgan fingerprint density at radius 2 is 1.72 bits per heavy atom. The van der Waals surface area contributed by atoms with Crippen LogP contribution in [0, 0.1) is 0 Å². The van der Waals surface area contributed by atoms with Crippen LogP contribution in [0.15, 0.2) is 24.3 Å². The first-order valence-electron chi connectivity index (χ1n) is 10.4. The largest absolute Gasteiger partial charge is 0.497 e. The van der Waals surface area contributed by atoms with Crippen molar-refractivity contribution in [3.8, 4) is 11.5 Å². The highest BCUT2D eigenvalue weighted by molar-refractivity contribution is 5.77. The van der Waals surface area contributed by atoms with E-state index < -0.39 is 0 Å². The van der Waals surface area contributed by atoms with E-state index in [-0.39, 0.29) is 12.5 Å². The Kier molecular flexibility index (Phi) is 6.29. The normalized spacial score (nSPS) is 17.5. The maximum absolute atomic E-state index is 12.5. The maximum atomic E-state index is 12.5. The molecule has 29 heavy (non-hydrogen) atoms. The summed E-state index contributed by atoms with van der Waals surface area (Å²) in [6.45, 7) is 5.00. The Labute approximate surface area is 171 Å². The van der Waals surface area contributed by atoms with Gasteiger partial charge in [-0.15, -0.1) is 10.2 Å². The highest BCUT2D eigenvalue weighted by atomic mass is 16.5. The minimum atomic E-state index is 0.0248. The van der Waals surface area contributed by atoms with Crippen LogP contribution in [0.1, 0.15) is 30.9 Å². The third kappa shape index (κ3) is 4.87. The predicted molar refractivity (Wildman–Crippen MR) is 108 cm³/mol. The summed E-state index contributed by atoms with van der Waals surface area (Å²) in [7, 11) is 1.62. The quantitative estimate of drug-likeness (QED) is 0.737. The number of hydrogen-bond acceptors (Lipinski definition) is 6. The van der Waals surface area contributed by atoms with Crippen molar-refractivity contribution in [2.75, 3.05) is 39.9 Å². The van der Waals surface area contributed by atoms with Crippen LogP contribution in [0.2, 0.25) is 0 Å². The predicted octanol–water partition coefficient (Wildman–Crippen LogP) is 1.74. The number of carbonyl (C=O) groups excluding carboxylic acids is 1. The first-order valence-corrected chi connectivity index (χ1v) is 10.4. The molecule has 2 aliphatic rings. The smallest absolute Gasteiger partial charge is 0.260 e. The van der Waals surface area contributed by atoms with Crippen LogP contribution >= 0.6 is 0 Å². The number of benzene rings is 1. The van der Waals surface area contributed by atoms with Crippen molar-refractivity contribution < 1.29 is 14.3 Å². The summed E-state index contributed by atoms with van der Waals surface area (Å²) >= 11 is 0.